The van der Waals surface area contributed by atoms with Crippen molar-refractivity contribution < 1.29 is 19.4 Å². The molecule has 194 valence electrons. The number of halogens is 2. The molecular formula is C29H30Cl2N2O4. The molecule has 0 fully saturated rings. The number of aromatic nitrogens is 1. The summed E-state index contributed by atoms with van der Waals surface area (Å²) < 4.78 is 11.7. The molecule has 0 saturated heterocycles. The van der Waals surface area contributed by atoms with Gasteiger partial charge in [-0.3, -0.25) is 4.90 Å². The van der Waals surface area contributed by atoms with Crippen molar-refractivity contribution in [2.24, 2.45) is 11.8 Å². The Morgan fingerprint density at radius 3 is 2.68 bits per heavy atom. The van der Waals surface area contributed by atoms with E-state index in [0.29, 0.717) is 41.8 Å². The number of allylic oxidation sites excluding steroid dienone is 2. The van der Waals surface area contributed by atoms with Crippen LogP contribution >= 0.6 is 23.2 Å². The van der Waals surface area contributed by atoms with E-state index in [1.807, 2.05) is 36.1 Å². The molecule has 2 N–H and O–H groups in total. The van der Waals surface area contributed by atoms with Gasteiger partial charge in [-0.25, -0.2) is 4.79 Å². The lowest BCUT2D eigenvalue weighted by molar-refractivity contribution is 0.108. The molecule has 0 saturated carbocycles. The van der Waals surface area contributed by atoms with Gasteiger partial charge in [0, 0.05) is 51.6 Å². The number of hydrogen-bond acceptors (Lipinski definition) is 4. The number of nitrogens with one attached hydrogen (secondary N) is 1. The first kappa shape index (κ1) is 25.7. The smallest absolute Gasteiger partial charge is 0.415 e. The van der Waals surface area contributed by atoms with E-state index >= 15 is 0 Å². The van der Waals surface area contributed by atoms with Crippen molar-refractivity contribution in [2.45, 2.75) is 32.2 Å². The zero-order chi connectivity index (χ0) is 25.9. The van der Waals surface area contributed by atoms with Gasteiger partial charge in [0.1, 0.15) is 11.5 Å². The highest BCUT2D eigenvalue weighted by Crippen LogP contribution is 2.42. The van der Waals surface area contributed by atoms with Gasteiger partial charge >= 0.3 is 6.09 Å². The highest BCUT2D eigenvalue weighted by Gasteiger charge is 2.39. The Labute approximate surface area is 226 Å². The Hall–Kier alpha value is -2.93. The van der Waals surface area contributed by atoms with E-state index in [-0.39, 0.29) is 24.5 Å². The second kappa shape index (κ2) is 11.2. The Kier molecular flexibility index (Phi) is 7.79. The van der Waals surface area contributed by atoms with Crippen LogP contribution in [0, 0.1) is 11.8 Å². The Morgan fingerprint density at radius 2 is 1.97 bits per heavy atom. The summed E-state index contributed by atoms with van der Waals surface area (Å²) in [6.45, 7) is 3.15. The molecule has 3 unspecified atom stereocenters. The van der Waals surface area contributed by atoms with Crippen molar-refractivity contribution in [2.75, 3.05) is 19.8 Å². The molecule has 2 aliphatic rings. The molecule has 5 rings (SSSR count). The van der Waals surface area contributed by atoms with Crippen LogP contribution in [-0.4, -0.2) is 40.8 Å². The second-order valence-corrected chi connectivity index (χ2v) is 10.4. The number of hydrogen-bond donors (Lipinski definition) is 2. The number of ether oxygens (including phenoxy) is 2. The highest BCUT2D eigenvalue weighted by atomic mass is 35.5. The molecule has 1 aromatic heterocycles. The number of aliphatic hydroxyl groups is 1. The van der Waals surface area contributed by atoms with E-state index in [2.05, 4.69) is 17.1 Å². The molecule has 2 heterocycles. The van der Waals surface area contributed by atoms with Crippen LogP contribution in [0.4, 0.5) is 4.79 Å². The Morgan fingerprint density at radius 1 is 1.19 bits per heavy atom. The monoisotopic (exact) mass is 540 g/mol. The fourth-order valence-corrected chi connectivity index (χ4v) is 5.37. The van der Waals surface area contributed by atoms with Crippen LogP contribution in [0.2, 0.25) is 10.0 Å². The first-order chi connectivity index (χ1) is 18.0. The van der Waals surface area contributed by atoms with Gasteiger partial charge in [-0.1, -0.05) is 36.2 Å². The molecule has 1 amide bonds. The zero-order valence-electron chi connectivity index (χ0n) is 20.6. The molecule has 6 nitrogen and oxygen atoms in total. The van der Waals surface area contributed by atoms with Crippen LogP contribution < -0.4 is 4.74 Å². The van der Waals surface area contributed by atoms with Gasteiger partial charge in [0.25, 0.3) is 0 Å². The molecular weight excluding hydrogens is 511 g/mol. The normalized spacial score (nSPS) is 19.9. The zero-order valence-corrected chi connectivity index (χ0v) is 22.1. The maximum atomic E-state index is 13.4. The van der Waals surface area contributed by atoms with E-state index in [4.69, 9.17) is 32.7 Å². The summed E-state index contributed by atoms with van der Waals surface area (Å²) in [4.78, 5) is 18.8. The van der Waals surface area contributed by atoms with Gasteiger partial charge in [0.15, 0.2) is 0 Å². The summed E-state index contributed by atoms with van der Waals surface area (Å²) >= 11 is 12.3. The third-order valence-electron chi connectivity index (χ3n) is 7.21. The first-order valence-electron chi connectivity index (χ1n) is 12.6. The molecule has 3 aromatic rings. The summed E-state index contributed by atoms with van der Waals surface area (Å²) in [7, 11) is 0. The molecule has 1 aliphatic carbocycles. The minimum Gasteiger partial charge on any atom is -0.494 e. The van der Waals surface area contributed by atoms with Gasteiger partial charge in [-0.2, -0.15) is 0 Å². The number of rotatable bonds is 7. The lowest BCUT2D eigenvalue weighted by Crippen LogP contribution is -2.44. The maximum absolute atomic E-state index is 13.4. The van der Waals surface area contributed by atoms with Crippen LogP contribution in [0.1, 0.15) is 37.1 Å². The van der Waals surface area contributed by atoms with Crippen molar-refractivity contribution in [3.63, 3.8) is 0 Å². The number of amides is 1. The number of H-pyrrole nitrogens is 1. The fourth-order valence-electron chi connectivity index (χ4n) is 5.07. The van der Waals surface area contributed by atoms with E-state index in [1.54, 1.807) is 24.3 Å². The highest BCUT2D eigenvalue weighted by molar-refractivity contribution is 6.31. The van der Waals surface area contributed by atoms with Crippen LogP contribution in [0.25, 0.3) is 10.9 Å². The summed E-state index contributed by atoms with van der Waals surface area (Å²) in [5.74, 6) is 1.38. The number of aliphatic hydroxyl groups excluding tert-OH is 1. The van der Waals surface area contributed by atoms with Crippen molar-refractivity contribution >= 4 is 40.2 Å². The average Bonchev–Trinajstić information content (AvgIpc) is 3.28. The molecule has 0 spiro atoms. The van der Waals surface area contributed by atoms with Crippen LogP contribution in [0.15, 0.2) is 66.5 Å². The van der Waals surface area contributed by atoms with Gasteiger partial charge in [0.05, 0.1) is 12.6 Å². The molecule has 3 atom stereocenters. The minimum absolute atomic E-state index is 0.0208. The summed E-state index contributed by atoms with van der Waals surface area (Å²) in [5.41, 5.74) is 3.20. The summed E-state index contributed by atoms with van der Waals surface area (Å²) in [6, 6.07) is 12.4. The lowest BCUT2D eigenvalue weighted by Gasteiger charge is -2.39. The molecule has 0 bridgehead atoms. The summed E-state index contributed by atoms with van der Waals surface area (Å²) in [6.07, 6.45) is 7.99. The minimum atomic E-state index is -0.400. The molecule has 37 heavy (non-hydrogen) atoms. The number of aromatic amines is 1. The van der Waals surface area contributed by atoms with Crippen molar-refractivity contribution in [3.8, 4) is 5.75 Å². The largest absolute Gasteiger partial charge is 0.494 e. The van der Waals surface area contributed by atoms with Crippen molar-refractivity contribution in [1.82, 2.24) is 9.88 Å². The number of nitrogens with zero attached hydrogens (tertiary/aromatic N) is 1. The lowest BCUT2D eigenvalue weighted by atomic mass is 9.84. The predicted molar refractivity (Wildman–Crippen MR) is 146 cm³/mol. The number of carbonyl (C=O) groups is 1. The van der Waals surface area contributed by atoms with Gasteiger partial charge < -0.3 is 19.6 Å². The van der Waals surface area contributed by atoms with E-state index in [9.17, 15) is 9.90 Å². The number of fused-ring (bicyclic) bond motifs is 3. The standard InChI is InChI=1S/C29H30Cl2N2O4/c1-2-18(16-34)17-36-22-8-3-19(4-9-22)28-27-24(25-15-21(31)7-12-26(25)32-27)13-14-33(28)29(35)37-23-10-5-20(30)6-11-23/h3,5-12,15,18-19,28,32,34H,2,4,13-14,16-17H2,1H3. The quantitative estimate of drug-likeness (QED) is 0.336. The average molecular weight is 541 g/mol. The van der Waals surface area contributed by atoms with E-state index in [0.717, 1.165) is 28.8 Å². The van der Waals surface area contributed by atoms with Crippen LogP contribution in [0.3, 0.4) is 0 Å². The SMILES string of the molecule is CCC(CO)COC1=CCC(C2c3[nH]c4ccc(Cl)cc4c3CCN2C(=O)Oc2ccc(Cl)cc2)C=C1. The third-order valence-corrected chi connectivity index (χ3v) is 7.70. The molecule has 2 aromatic carbocycles. The third kappa shape index (κ3) is 5.52. The number of carbonyl (C=O) groups excluding carboxylic acids is 1. The Bertz CT molecular complexity index is 1330. The van der Waals surface area contributed by atoms with Crippen LogP contribution in [0.5, 0.6) is 5.75 Å². The molecule has 0 radical (unpaired) electrons. The number of benzene rings is 2. The molecule has 1 aliphatic heterocycles. The van der Waals surface area contributed by atoms with Gasteiger partial charge in [-0.15, -0.1) is 0 Å². The topological polar surface area (TPSA) is 74.8 Å². The van der Waals surface area contributed by atoms with Crippen molar-refractivity contribution in [1.29, 1.82) is 0 Å². The maximum Gasteiger partial charge on any atom is 0.415 e. The fraction of sp³-hybridized carbons (Fsp3) is 0.345. The molecule has 8 heteroatoms. The predicted octanol–water partition coefficient (Wildman–Crippen LogP) is 7.07. The van der Waals surface area contributed by atoms with E-state index < -0.39 is 6.09 Å². The Balaban J connectivity index is 1.42. The van der Waals surface area contributed by atoms with Gasteiger partial charge in [-0.05, 0) is 79.4 Å². The van der Waals surface area contributed by atoms with Crippen molar-refractivity contribution in [3.05, 3.63) is 87.8 Å². The van der Waals surface area contributed by atoms with Gasteiger partial charge in [0.2, 0.25) is 0 Å². The second-order valence-electron chi connectivity index (χ2n) is 9.55. The summed E-state index contributed by atoms with van der Waals surface area (Å²) in [5, 5.41) is 11.8. The first-order valence-corrected chi connectivity index (χ1v) is 13.4. The van der Waals surface area contributed by atoms with Crippen LogP contribution in [-0.2, 0) is 11.2 Å². The van der Waals surface area contributed by atoms with E-state index in [1.165, 1.54) is 5.56 Å².